The molecular formula is C17H28O5Si. The lowest BCUT2D eigenvalue weighted by Crippen LogP contribution is -2.54. The topological polar surface area (TPSA) is 54.0 Å². The fraction of sp³-hybridized carbons (Fsp3) is 0.824. The van der Waals surface area contributed by atoms with Crippen LogP contribution in [0.25, 0.3) is 0 Å². The molecule has 6 heteroatoms. The Hall–Kier alpha value is -0.533. The zero-order valence-corrected chi connectivity index (χ0v) is 15.9. The predicted octanol–water partition coefficient (Wildman–Crippen LogP) is 2.52. The van der Waals surface area contributed by atoms with Crippen LogP contribution in [0.3, 0.4) is 0 Å². The molecule has 0 spiro atoms. The molecule has 0 aromatic heterocycles. The molecule has 0 aromatic rings. The molecule has 2 saturated heterocycles. The van der Waals surface area contributed by atoms with Crippen LogP contribution in [-0.2, 0) is 23.4 Å². The maximum Gasteiger partial charge on any atom is 0.192 e. The summed E-state index contributed by atoms with van der Waals surface area (Å²) in [5, 5.41) is 0.149. The molecule has 2 heterocycles. The summed E-state index contributed by atoms with van der Waals surface area (Å²) < 4.78 is 23.8. The summed E-state index contributed by atoms with van der Waals surface area (Å²) in [5.41, 5.74) is 1.09. The molecular weight excluding hydrogens is 312 g/mol. The van der Waals surface area contributed by atoms with E-state index in [2.05, 4.69) is 33.9 Å². The third kappa shape index (κ3) is 2.85. The Bertz CT molecular complexity index is 522. The fourth-order valence-corrected chi connectivity index (χ4v) is 4.47. The minimum Gasteiger partial charge on any atom is -0.414 e. The van der Waals surface area contributed by atoms with E-state index < -0.39 is 14.6 Å². The molecule has 5 nitrogen and oxygen atoms in total. The highest BCUT2D eigenvalue weighted by Crippen LogP contribution is 2.47. The van der Waals surface area contributed by atoms with Crippen molar-refractivity contribution in [1.82, 2.24) is 0 Å². The molecule has 0 bridgehead atoms. The first-order valence-electron chi connectivity index (χ1n) is 8.34. The van der Waals surface area contributed by atoms with Gasteiger partial charge < -0.3 is 18.6 Å². The molecule has 0 amide bonds. The van der Waals surface area contributed by atoms with Crippen molar-refractivity contribution in [2.45, 2.75) is 57.4 Å². The van der Waals surface area contributed by atoms with E-state index in [-0.39, 0.29) is 34.9 Å². The van der Waals surface area contributed by atoms with Crippen molar-refractivity contribution in [3.05, 3.63) is 11.6 Å². The average Bonchev–Trinajstić information content (AvgIpc) is 3.00. The van der Waals surface area contributed by atoms with Crippen LogP contribution in [0.2, 0.25) is 18.1 Å². The number of carbonyl (C=O) groups excluding carboxylic acids is 1. The fourth-order valence-electron chi connectivity index (χ4n) is 3.45. The van der Waals surface area contributed by atoms with Crippen LogP contribution in [0.4, 0.5) is 0 Å². The van der Waals surface area contributed by atoms with Crippen LogP contribution in [0.5, 0.6) is 0 Å². The lowest BCUT2D eigenvalue weighted by atomic mass is 9.82. The quantitative estimate of drug-likeness (QED) is 0.736. The second-order valence-corrected chi connectivity index (χ2v) is 13.1. The van der Waals surface area contributed by atoms with Crippen molar-refractivity contribution in [2.24, 2.45) is 11.8 Å². The van der Waals surface area contributed by atoms with E-state index in [0.717, 1.165) is 5.57 Å². The van der Waals surface area contributed by atoms with Gasteiger partial charge in [-0.2, -0.15) is 0 Å². The molecule has 2 fully saturated rings. The second kappa shape index (κ2) is 5.77. The van der Waals surface area contributed by atoms with Crippen molar-refractivity contribution < 1.29 is 23.4 Å². The first-order chi connectivity index (χ1) is 10.7. The lowest BCUT2D eigenvalue weighted by Gasteiger charge is -2.43. The van der Waals surface area contributed by atoms with E-state index in [1.807, 2.05) is 0 Å². The van der Waals surface area contributed by atoms with Gasteiger partial charge in [0.2, 0.25) is 0 Å². The molecule has 3 rings (SSSR count). The van der Waals surface area contributed by atoms with Crippen LogP contribution in [0.1, 0.15) is 20.8 Å². The van der Waals surface area contributed by atoms with Crippen molar-refractivity contribution in [3.63, 3.8) is 0 Å². The first kappa shape index (κ1) is 17.3. The summed E-state index contributed by atoms with van der Waals surface area (Å²) in [6.45, 7) is 12.1. The SMILES string of the molecule is CO[C@H]1O[C@H](CO[Si](C)(C)C(C)(C)C)[C@H]2OCC3=CC(=O)[C@@H]1[C@H]32. The number of rotatable bonds is 4. The molecule has 130 valence electrons. The Balaban J connectivity index is 1.74. The summed E-state index contributed by atoms with van der Waals surface area (Å²) in [6, 6.07) is 0. The van der Waals surface area contributed by atoms with E-state index in [1.165, 1.54) is 0 Å². The zero-order chi connectivity index (χ0) is 17.0. The monoisotopic (exact) mass is 340 g/mol. The van der Waals surface area contributed by atoms with E-state index in [1.54, 1.807) is 13.2 Å². The van der Waals surface area contributed by atoms with Gasteiger partial charge >= 0.3 is 0 Å². The minimum absolute atomic E-state index is 0.0919. The van der Waals surface area contributed by atoms with E-state index in [9.17, 15) is 4.79 Å². The smallest absolute Gasteiger partial charge is 0.192 e. The van der Waals surface area contributed by atoms with Crippen LogP contribution < -0.4 is 0 Å². The highest BCUT2D eigenvalue weighted by molar-refractivity contribution is 6.74. The van der Waals surface area contributed by atoms with Gasteiger partial charge in [0.15, 0.2) is 20.4 Å². The van der Waals surface area contributed by atoms with Gasteiger partial charge in [0.1, 0.15) is 6.10 Å². The molecule has 0 aromatic carbocycles. The Labute approximate surface area is 139 Å². The van der Waals surface area contributed by atoms with E-state index >= 15 is 0 Å². The predicted molar refractivity (Wildman–Crippen MR) is 88.6 cm³/mol. The van der Waals surface area contributed by atoms with Gasteiger partial charge in [-0.1, -0.05) is 20.8 Å². The molecule has 0 saturated carbocycles. The molecule has 2 aliphatic heterocycles. The van der Waals surface area contributed by atoms with Gasteiger partial charge in [-0.05, 0) is 29.8 Å². The molecule has 0 N–H and O–H groups in total. The number of hydrogen-bond acceptors (Lipinski definition) is 5. The summed E-state index contributed by atoms with van der Waals surface area (Å²) >= 11 is 0. The number of ether oxygens (including phenoxy) is 3. The number of carbonyl (C=O) groups is 1. The summed E-state index contributed by atoms with van der Waals surface area (Å²) in [7, 11) is -0.260. The zero-order valence-electron chi connectivity index (χ0n) is 14.9. The average molecular weight is 340 g/mol. The van der Waals surface area contributed by atoms with Crippen LogP contribution >= 0.6 is 0 Å². The normalized spacial score (nSPS) is 37.0. The van der Waals surface area contributed by atoms with Crippen LogP contribution in [0, 0.1) is 11.8 Å². The maximum atomic E-state index is 12.2. The van der Waals surface area contributed by atoms with E-state index in [0.29, 0.717) is 13.2 Å². The molecule has 3 aliphatic rings. The van der Waals surface area contributed by atoms with Gasteiger partial charge in [-0.25, -0.2) is 0 Å². The largest absolute Gasteiger partial charge is 0.414 e. The first-order valence-corrected chi connectivity index (χ1v) is 11.2. The van der Waals surface area contributed by atoms with Gasteiger partial charge in [-0.15, -0.1) is 0 Å². The van der Waals surface area contributed by atoms with Crippen molar-refractivity contribution in [3.8, 4) is 0 Å². The maximum absolute atomic E-state index is 12.2. The number of methoxy groups -OCH3 is 1. The Morgan fingerprint density at radius 3 is 2.61 bits per heavy atom. The number of allylic oxidation sites excluding steroid dienone is 1. The number of ketones is 1. The Morgan fingerprint density at radius 2 is 2.00 bits per heavy atom. The molecule has 1 aliphatic carbocycles. The third-order valence-corrected chi connectivity index (χ3v) is 10.4. The molecule has 23 heavy (non-hydrogen) atoms. The third-order valence-electron chi connectivity index (χ3n) is 5.88. The van der Waals surface area contributed by atoms with Crippen LogP contribution in [-0.4, -0.2) is 52.9 Å². The highest BCUT2D eigenvalue weighted by atomic mass is 28.4. The Kier molecular flexibility index (Phi) is 4.34. The van der Waals surface area contributed by atoms with Gasteiger partial charge in [0, 0.05) is 13.0 Å². The van der Waals surface area contributed by atoms with Crippen molar-refractivity contribution in [1.29, 1.82) is 0 Å². The van der Waals surface area contributed by atoms with Crippen molar-refractivity contribution in [2.75, 3.05) is 20.3 Å². The van der Waals surface area contributed by atoms with E-state index in [4.69, 9.17) is 18.6 Å². The summed E-state index contributed by atoms with van der Waals surface area (Å²) in [5.74, 6) is -0.0604. The second-order valence-electron chi connectivity index (χ2n) is 8.30. The summed E-state index contributed by atoms with van der Waals surface area (Å²) in [4.78, 5) is 12.2. The molecule has 0 unspecified atom stereocenters. The van der Waals surface area contributed by atoms with Crippen LogP contribution in [0.15, 0.2) is 11.6 Å². The Morgan fingerprint density at radius 1 is 1.30 bits per heavy atom. The van der Waals surface area contributed by atoms with Crippen molar-refractivity contribution >= 4 is 14.1 Å². The lowest BCUT2D eigenvalue weighted by molar-refractivity contribution is -0.248. The summed E-state index contributed by atoms with van der Waals surface area (Å²) in [6.07, 6.45) is 0.926. The van der Waals surface area contributed by atoms with Gasteiger partial charge in [0.25, 0.3) is 0 Å². The molecule has 5 atom stereocenters. The van der Waals surface area contributed by atoms with Gasteiger partial charge in [-0.3, -0.25) is 4.79 Å². The number of hydrogen-bond donors (Lipinski definition) is 0. The molecule has 0 radical (unpaired) electrons. The highest BCUT2D eigenvalue weighted by Gasteiger charge is 2.56. The van der Waals surface area contributed by atoms with Gasteiger partial charge in [0.05, 0.1) is 25.2 Å². The standard InChI is InChI=1S/C17H28O5Si/c1-17(2,3)23(5,6)21-9-12-15-13-10(8-20-15)7-11(18)14(13)16(19-4)22-12/h7,12-16H,8-9H2,1-6H3/t12-,13+,14-,15-,16+/m1/s1. The minimum atomic E-state index is -1.85.